The highest BCUT2D eigenvalue weighted by molar-refractivity contribution is 6.07. The summed E-state index contributed by atoms with van der Waals surface area (Å²) in [6.45, 7) is 2.20. The Morgan fingerprint density at radius 1 is 1.04 bits per heavy atom. The third-order valence-electron chi connectivity index (χ3n) is 3.87. The molecule has 0 aliphatic heterocycles. The summed E-state index contributed by atoms with van der Waals surface area (Å²) in [7, 11) is 1.41. The van der Waals surface area contributed by atoms with Gasteiger partial charge in [0.2, 0.25) is 0 Å². The number of benzene rings is 2. The summed E-state index contributed by atoms with van der Waals surface area (Å²) < 4.78 is 15.8. The van der Waals surface area contributed by atoms with Crippen LogP contribution in [0.15, 0.2) is 48.5 Å². The van der Waals surface area contributed by atoms with Crippen molar-refractivity contribution >= 4 is 17.8 Å². The van der Waals surface area contributed by atoms with Crippen LogP contribution in [0.5, 0.6) is 17.2 Å². The Morgan fingerprint density at radius 3 is 2.43 bits per heavy atom. The lowest BCUT2D eigenvalue weighted by Crippen LogP contribution is -2.29. The first-order valence-corrected chi connectivity index (χ1v) is 8.99. The highest BCUT2D eigenvalue weighted by Gasteiger charge is 2.09. The van der Waals surface area contributed by atoms with Gasteiger partial charge in [0.05, 0.1) is 19.7 Å². The van der Waals surface area contributed by atoms with E-state index in [0.29, 0.717) is 12.2 Å². The summed E-state index contributed by atoms with van der Waals surface area (Å²) >= 11 is 0. The molecule has 0 fully saturated rings. The quantitative estimate of drug-likeness (QED) is 0.337. The molecule has 0 atom stereocenters. The van der Waals surface area contributed by atoms with E-state index in [4.69, 9.17) is 14.2 Å². The number of hydrogen-bond acceptors (Lipinski definition) is 6. The monoisotopic (exact) mass is 383 g/mol. The van der Waals surface area contributed by atoms with Crippen molar-refractivity contribution in [3.05, 3.63) is 59.7 Å². The first-order chi connectivity index (χ1) is 13.5. The predicted molar refractivity (Wildman–Crippen MR) is 104 cm³/mol. The van der Waals surface area contributed by atoms with E-state index in [9.17, 15) is 14.7 Å². The smallest absolute Gasteiger partial charge is 0.185 e. The average molecular weight is 383 g/mol. The van der Waals surface area contributed by atoms with E-state index in [1.807, 2.05) is 24.3 Å². The average Bonchev–Trinajstić information content (AvgIpc) is 2.71. The van der Waals surface area contributed by atoms with Gasteiger partial charge in [0.25, 0.3) is 0 Å². The molecule has 148 valence electrons. The number of rotatable bonds is 11. The van der Waals surface area contributed by atoms with Crippen molar-refractivity contribution in [1.82, 2.24) is 0 Å². The summed E-state index contributed by atoms with van der Waals surface area (Å²) in [5.74, 6) is -0.256. The van der Waals surface area contributed by atoms with Gasteiger partial charge in [-0.2, -0.15) is 0 Å². The number of carboxylic acid groups (broad SMARTS) is 1. The van der Waals surface area contributed by atoms with E-state index in [-0.39, 0.29) is 17.3 Å². The fourth-order valence-electron chi connectivity index (χ4n) is 2.35. The third-order valence-corrected chi connectivity index (χ3v) is 3.87. The van der Waals surface area contributed by atoms with Crippen molar-refractivity contribution in [1.29, 1.82) is 0 Å². The highest BCUT2D eigenvalue weighted by atomic mass is 16.5. The van der Waals surface area contributed by atoms with Crippen molar-refractivity contribution in [3.63, 3.8) is 0 Å². The fourth-order valence-corrected chi connectivity index (χ4v) is 2.35. The lowest BCUT2D eigenvalue weighted by Gasteiger charge is -2.11. The Kier molecular flexibility index (Phi) is 8.09. The number of carboxylic acids is 1. The van der Waals surface area contributed by atoms with Gasteiger partial charge in [-0.3, -0.25) is 4.79 Å². The zero-order valence-corrected chi connectivity index (χ0v) is 16.0. The van der Waals surface area contributed by atoms with Crippen LogP contribution in [0.2, 0.25) is 0 Å². The largest absolute Gasteiger partial charge is 0.546 e. The summed E-state index contributed by atoms with van der Waals surface area (Å²) in [6, 6.07) is 12.0. The molecule has 2 aromatic rings. The maximum atomic E-state index is 12.4. The van der Waals surface area contributed by atoms with Crippen LogP contribution in [0, 0.1) is 0 Å². The highest BCUT2D eigenvalue weighted by Crippen LogP contribution is 2.28. The minimum absolute atomic E-state index is 0.215. The molecular formula is C22H23O6-. The Bertz CT molecular complexity index is 823. The zero-order chi connectivity index (χ0) is 20.4. The molecule has 0 aliphatic rings. The molecule has 0 saturated heterocycles. The molecular weight excluding hydrogens is 360 g/mol. The Labute approximate surface area is 164 Å². The van der Waals surface area contributed by atoms with E-state index >= 15 is 0 Å². The maximum Gasteiger partial charge on any atom is 0.185 e. The second-order valence-electron chi connectivity index (χ2n) is 5.99. The van der Waals surface area contributed by atoms with Gasteiger partial charge >= 0.3 is 0 Å². The molecule has 0 heterocycles. The van der Waals surface area contributed by atoms with E-state index in [0.717, 1.165) is 24.2 Å². The number of aliphatic carboxylic acids is 1. The van der Waals surface area contributed by atoms with E-state index in [1.165, 1.54) is 25.3 Å². The zero-order valence-electron chi connectivity index (χ0n) is 16.0. The number of ketones is 1. The molecule has 0 bridgehead atoms. The first-order valence-electron chi connectivity index (χ1n) is 8.99. The van der Waals surface area contributed by atoms with Crippen LogP contribution < -0.4 is 19.3 Å². The molecule has 0 amide bonds. The SMILES string of the molecule is CCCCOc1ccc(/C=C/C(=O)c2ccc(OCC(=O)[O-])c(OC)c2)cc1. The number of unbranched alkanes of at least 4 members (excludes halogenated alkanes) is 1. The van der Waals surface area contributed by atoms with Crippen LogP contribution in [0.3, 0.4) is 0 Å². The van der Waals surface area contributed by atoms with Gasteiger partial charge in [-0.1, -0.05) is 31.6 Å². The first kappa shape index (κ1) is 21.0. The summed E-state index contributed by atoms with van der Waals surface area (Å²) in [4.78, 5) is 22.9. The minimum atomic E-state index is -1.34. The number of carbonyl (C=O) groups excluding carboxylic acids is 2. The van der Waals surface area contributed by atoms with Gasteiger partial charge in [-0.05, 0) is 48.4 Å². The molecule has 0 saturated carbocycles. The third kappa shape index (κ3) is 6.46. The molecule has 28 heavy (non-hydrogen) atoms. The van der Waals surface area contributed by atoms with Crippen LogP contribution in [0.4, 0.5) is 0 Å². The van der Waals surface area contributed by atoms with Gasteiger partial charge < -0.3 is 24.1 Å². The molecule has 6 nitrogen and oxygen atoms in total. The number of carbonyl (C=O) groups is 2. The number of ether oxygens (including phenoxy) is 3. The summed E-state index contributed by atoms with van der Waals surface area (Å²) in [5, 5.41) is 10.5. The predicted octanol–water partition coefficient (Wildman–Crippen LogP) is 2.90. The molecule has 0 aromatic heterocycles. The van der Waals surface area contributed by atoms with Crippen molar-refractivity contribution in [2.45, 2.75) is 19.8 Å². The normalized spacial score (nSPS) is 10.6. The van der Waals surface area contributed by atoms with Crippen molar-refractivity contribution in [2.75, 3.05) is 20.3 Å². The number of methoxy groups -OCH3 is 1. The molecule has 2 aromatic carbocycles. The molecule has 0 spiro atoms. The van der Waals surface area contributed by atoms with Gasteiger partial charge in [0.15, 0.2) is 17.3 Å². The van der Waals surface area contributed by atoms with E-state index in [1.54, 1.807) is 12.1 Å². The molecule has 0 radical (unpaired) electrons. The van der Waals surface area contributed by atoms with Gasteiger partial charge in [-0.15, -0.1) is 0 Å². The van der Waals surface area contributed by atoms with Crippen LogP contribution in [-0.2, 0) is 4.79 Å². The molecule has 0 unspecified atom stereocenters. The Hall–Kier alpha value is -3.28. The lowest BCUT2D eigenvalue weighted by atomic mass is 10.1. The molecule has 0 aliphatic carbocycles. The fraction of sp³-hybridized carbons (Fsp3) is 0.273. The number of allylic oxidation sites excluding steroid dienone is 1. The van der Waals surface area contributed by atoms with Crippen LogP contribution >= 0.6 is 0 Å². The summed E-state index contributed by atoms with van der Waals surface area (Å²) in [6.07, 6.45) is 5.27. The summed E-state index contributed by atoms with van der Waals surface area (Å²) in [5.41, 5.74) is 1.27. The van der Waals surface area contributed by atoms with Gasteiger partial charge in [0.1, 0.15) is 12.4 Å². The van der Waals surface area contributed by atoms with Crippen molar-refractivity contribution in [2.24, 2.45) is 0 Å². The van der Waals surface area contributed by atoms with E-state index in [2.05, 4.69) is 6.92 Å². The van der Waals surface area contributed by atoms with E-state index < -0.39 is 12.6 Å². The van der Waals surface area contributed by atoms with Crippen LogP contribution in [0.1, 0.15) is 35.7 Å². The second kappa shape index (κ2) is 10.8. The molecule has 0 N–H and O–H groups in total. The Morgan fingerprint density at radius 2 is 1.79 bits per heavy atom. The van der Waals surface area contributed by atoms with Crippen LogP contribution in [-0.4, -0.2) is 32.1 Å². The minimum Gasteiger partial charge on any atom is -0.546 e. The lowest BCUT2D eigenvalue weighted by molar-refractivity contribution is -0.307. The van der Waals surface area contributed by atoms with Gasteiger partial charge in [0, 0.05) is 5.56 Å². The number of hydrogen-bond donors (Lipinski definition) is 0. The molecule has 6 heteroatoms. The standard InChI is InChI=1S/C22H24O6/c1-3-4-13-27-18-9-5-16(6-10-18)7-11-19(23)17-8-12-20(21(14-17)26-2)28-15-22(24)25/h5-12,14H,3-4,13,15H2,1-2H3,(H,24,25)/p-1/b11-7+. The second-order valence-corrected chi connectivity index (χ2v) is 5.99. The van der Waals surface area contributed by atoms with Crippen molar-refractivity contribution < 1.29 is 28.9 Å². The molecule has 2 rings (SSSR count). The topological polar surface area (TPSA) is 84.9 Å². The van der Waals surface area contributed by atoms with Crippen molar-refractivity contribution in [3.8, 4) is 17.2 Å². The van der Waals surface area contributed by atoms with Crippen LogP contribution in [0.25, 0.3) is 6.08 Å². The van der Waals surface area contributed by atoms with Gasteiger partial charge in [-0.25, -0.2) is 0 Å². The Balaban J connectivity index is 2.02. The maximum absolute atomic E-state index is 12.4.